The van der Waals surface area contributed by atoms with E-state index in [0.717, 1.165) is 6.04 Å². The monoisotopic (exact) mass is 354 g/mol. The molecule has 0 aliphatic heterocycles. The van der Waals surface area contributed by atoms with Crippen LogP contribution in [0.4, 0.5) is 0 Å². The molecule has 0 aromatic rings. The molecule has 0 aromatic carbocycles. The first-order valence-electron chi connectivity index (χ1n) is 7.17. The first-order valence-corrected chi connectivity index (χ1v) is 12.8. The smallest absolute Gasteiger partial charge is 0.374 e. The molecule has 0 bridgehead atoms. The van der Waals surface area contributed by atoms with E-state index in [1.807, 2.05) is 41.1 Å². The highest BCUT2D eigenvalue weighted by atomic mass is 28.4. The van der Waals surface area contributed by atoms with E-state index in [1.54, 1.807) is 0 Å². The molecule has 0 spiro atoms. The Labute approximate surface area is 137 Å². The first-order chi connectivity index (χ1) is 10.4. The molecule has 0 saturated heterocycles. The van der Waals surface area contributed by atoms with Crippen molar-refractivity contribution in [2.24, 2.45) is 0 Å². The Balaban J connectivity index is -0.000000238. The number of carbonyl (C=O) groups is 3. The van der Waals surface area contributed by atoms with Crippen LogP contribution in [-0.4, -0.2) is 57.1 Å². The third-order valence-corrected chi connectivity index (χ3v) is 7.57. The SMILES string of the molecule is C=O.C=O.C=O.CCO[Si](CC[Si](C)(C)C)(OCC)OCC. The molecule has 22 heavy (non-hydrogen) atoms. The number of rotatable bonds is 9. The maximum Gasteiger partial charge on any atom is 0.500 e. The molecule has 0 amide bonds. The normalized spacial score (nSPS) is 10.1. The van der Waals surface area contributed by atoms with E-state index >= 15 is 0 Å². The van der Waals surface area contributed by atoms with Gasteiger partial charge in [0.15, 0.2) is 0 Å². The van der Waals surface area contributed by atoms with Gasteiger partial charge in [-0.3, -0.25) is 0 Å². The number of hydrogen-bond donors (Lipinski definition) is 0. The van der Waals surface area contributed by atoms with Crippen LogP contribution in [0.1, 0.15) is 20.8 Å². The average Bonchev–Trinajstić information content (AvgIpc) is 2.52. The fourth-order valence-corrected chi connectivity index (χ4v) is 7.76. The molecule has 0 rings (SSSR count). The first kappa shape index (κ1) is 29.3. The lowest BCUT2D eigenvalue weighted by atomic mass is 10.9. The zero-order valence-electron chi connectivity index (χ0n) is 15.1. The van der Waals surface area contributed by atoms with Crippen molar-refractivity contribution in [3.8, 4) is 0 Å². The zero-order chi connectivity index (χ0) is 18.7. The van der Waals surface area contributed by atoms with Gasteiger partial charge in [0.05, 0.1) is 0 Å². The lowest BCUT2D eigenvalue weighted by Gasteiger charge is -2.30. The lowest BCUT2D eigenvalue weighted by Crippen LogP contribution is -2.47. The fraction of sp³-hybridized carbons (Fsp3) is 0.786. The molecule has 0 aliphatic rings. The third kappa shape index (κ3) is 19.3. The third-order valence-electron chi connectivity index (χ3n) is 2.27. The highest BCUT2D eigenvalue weighted by molar-refractivity contribution is 6.77. The summed E-state index contributed by atoms with van der Waals surface area (Å²) in [4.78, 5) is 24.0. The van der Waals surface area contributed by atoms with Gasteiger partial charge in [-0.05, 0) is 20.8 Å². The van der Waals surface area contributed by atoms with Crippen molar-refractivity contribution in [3.05, 3.63) is 0 Å². The topological polar surface area (TPSA) is 78.9 Å². The van der Waals surface area contributed by atoms with Gasteiger partial charge >= 0.3 is 8.80 Å². The second kappa shape index (κ2) is 20.3. The summed E-state index contributed by atoms with van der Waals surface area (Å²) in [5, 5.41) is 0. The van der Waals surface area contributed by atoms with E-state index in [2.05, 4.69) is 19.6 Å². The molecule has 8 heteroatoms. The zero-order valence-corrected chi connectivity index (χ0v) is 17.1. The van der Waals surface area contributed by atoms with Crippen molar-refractivity contribution in [3.63, 3.8) is 0 Å². The van der Waals surface area contributed by atoms with Crippen molar-refractivity contribution in [2.45, 2.75) is 52.5 Å². The molecule has 0 radical (unpaired) electrons. The van der Waals surface area contributed by atoms with Crippen molar-refractivity contribution in [1.29, 1.82) is 0 Å². The Morgan fingerprint density at radius 2 is 0.909 bits per heavy atom. The lowest BCUT2D eigenvalue weighted by molar-refractivity contribution is -0.0987. The minimum absolute atomic E-state index is 0.678. The molecule has 134 valence electrons. The van der Waals surface area contributed by atoms with Gasteiger partial charge in [0.25, 0.3) is 0 Å². The van der Waals surface area contributed by atoms with Crippen LogP contribution in [0.25, 0.3) is 0 Å². The van der Waals surface area contributed by atoms with Crippen LogP contribution in [0.5, 0.6) is 0 Å². The van der Waals surface area contributed by atoms with E-state index in [9.17, 15) is 0 Å². The Morgan fingerprint density at radius 3 is 1.09 bits per heavy atom. The van der Waals surface area contributed by atoms with Gasteiger partial charge in [0.1, 0.15) is 20.4 Å². The fourth-order valence-electron chi connectivity index (χ4n) is 1.53. The van der Waals surface area contributed by atoms with Gasteiger partial charge in [-0.25, -0.2) is 0 Å². The van der Waals surface area contributed by atoms with Crippen molar-refractivity contribution >= 4 is 37.2 Å². The summed E-state index contributed by atoms with van der Waals surface area (Å²) in [7, 11) is -3.43. The Bertz CT molecular complexity index is 202. The van der Waals surface area contributed by atoms with E-state index in [-0.39, 0.29) is 0 Å². The molecule has 0 aliphatic carbocycles. The highest BCUT2D eigenvalue weighted by Gasteiger charge is 2.41. The van der Waals surface area contributed by atoms with Gasteiger partial charge < -0.3 is 27.7 Å². The van der Waals surface area contributed by atoms with Crippen LogP contribution in [0.2, 0.25) is 31.7 Å². The van der Waals surface area contributed by atoms with E-state index in [0.29, 0.717) is 19.8 Å². The summed E-state index contributed by atoms with van der Waals surface area (Å²) >= 11 is 0. The quantitative estimate of drug-likeness (QED) is 0.592. The van der Waals surface area contributed by atoms with E-state index in [1.165, 1.54) is 6.04 Å². The predicted molar refractivity (Wildman–Crippen MR) is 95.0 cm³/mol. The van der Waals surface area contributed by atoms with Gasteiger partial charge in [-0.1, -0.05) is 25.7 Å². The van der Waals surface area contributed by atoms with Gasteiger partial charge in [0.2, 0.25) is 0 Å². The van der Waals surface area contributed by atoms with Crippen LogP contribution in [0, 0.1) is 0 Å². The molecular weight excluding hydrogens is 320 g/mol. The minimum atomic E-state index is -2.37. The molecular formula is C14H34O6Si2. The average molecular weight is 355 g/mol. The molecule has 0 aromatic heterocycles. The summed E-state index contributed by atoms with van der Waals surface area (Å²) in [6.07, 6.45) is 0. The summed E-state index contributed by atoms with van der Waals surface area (Å²) in [6.45, 7) is 21.2. The van der Waals surface area contributed by atoms with Crippen LogP contribution in [0.3, 0.4) is 0 Å². The maximum absolute atomic E-state index is 8.00. The van der Waals surface area contributed by atoms with E-state index < -0.39 is 16.9 Å². The molecule has 0 unspecified atom stereocenters. The maximum atomic E-state index is 8.00. The summed E-state index contributed by atoms with van der Waals surface area (Å²) in [5.41, 5.74) is 0. The Morgan fingerprint density at radius 1 is 0.636 bits per heavy atom. The second-order valence-corrected chi connectivity index (χ2v) is 13.4. The highest BCUT2D eigenvalue weighted by Crippen LogP contribution is 2.23. The molecule has 6 nitrogen and oxygen atoms in total. The molecule has 0 fully saturated rings. The van der Waals surface area contributed by atoms with Crippen LogP contribution in [-0.2, 0) is 27.7 Å². The molecule has 0 saturated carbocycles. The minimum Gasteiger partial charge on any atom is -0.374 e. The molecule has 0 atom stereocenters. The predicted octanol–water partition coefficient (Wildman–Crippen LogP) is 2.82. The van der Waals surface area contributed by atoms with Crippen molar-refractivity contribution in [1.82, 2.24) is 0 Å². The van der Waals surface area contributed by atoms with E-state index in [4.69, 9.17) is 27.7 Å². The van der Waals surface area contributed by atoms with Crippen molar-refractivity contribution in [2.75, 3.05) is 19.8 Å². The van der Waals surface area contributed by atoms with Crippen LogP contribution < -0.4 is 0 Å². The van der Waals surface area contributed by atoms with Gasteiger partial charge in [-0.2, -0.15) is 0 Å². The standard InChI is InChI=1S/C11H28O3Si2.3CH2O/c1-7-12-16(13-8-2,14-9-3)11-10-15(4,5)6;3*1-2/h7-11H2,1-6H3;3*1H2. The Hall–Kier alpha value is -0.676. The molecule has 0 heterocycles. The van der Waals surface area contributed by atoms with Crippen LogP contribution >= 0.6 is 0 Å². The summed E-state index contributed by atoms with van der Waals surface area (Å²) in [6, 6.07) is 2.18. The largest absolute Gasteiger partial charge is 0.500 e. The van der Waals surface area contributed by atoms with Gasteiger partial charge in [-0.15, -0.1) is 0 Å². The number of hydrogen-bond acceptors (Lipinski definition) is 6. The summed E-state index contributed by atoms with van der Waals surface area (Å²) < 4.78 is 17.5. The summed E-state index contributed by atoms with van der Waals surface area (Å²) in [5.74, 6) is 0. The van der Waals surface area contributed by atoms with Crippen molar-refractivity contribution < 1.29 is 27.7 Å². The Kier molecular flexibility index (Phi) is 27.1. The molecule has 0 N–H and O–H groups in total. The second-order valence-electron chi connectivity index (χ2n) is 5.04. The number of carbonyl (C=O) groups excluding carboxylic acids is 3. The van der Waals surface area contributed by atoms with Crippen LogP contribution in [0.15, 0.2) is 0 Å². The van der Waals surface area contributed by atoms with Gasteiger partial charge in [0, 0.05) is 33.9 Å².